The van der Waals surface area contributed by atoms with E-state index >= 15 is 0 Å². The second kappa shape index (κ2) is 7.85. The van der Waals surface area contributed by atoms with Crippen LogP contribution >= 0.6 is 0 Å². The van der Waals surface area contributed by atoms with Gasteiger partial charge in [-0.15, -0.1) is 15.3 Å². The van der Waals surface area contributed by atoms with Crippen molar-refractivity contribution in [1.29, 1.82) is 0 Å². The molecule has 1 aliphatic carbocycles. The molecule has 2 aromatic heterocycles. The minimum absolute atomic E-state index is 0.0484. The normalized spacial score (nSPS) is 27.3. The Bertz CT molecular complexity index is 938. The molecule has 0 radical (unpaired) electrons. The number of nitrogens with zero attached hydrogens (tertiary/aromatic N) is 6. The Morgan fingerprint density at radius 1 is 1.10 bits per heavy atom. The molecule has 0 N–H and O–H groups in total. The van der Waals surface area contributed by atoms with E-state index in [-0.39, 0.29) is 23.8 Å². The molecular formula is C21H28N6O3. The van der Waals surface area contributed by atoms with Crippen molar-refractivity contribution in [1.82, 2.24) is 24.7 Å². The minimum atomic E-state index is -0.411. The van der Waals surface area contributed by atoms with Crippen molar-refractivity contribution in [3.8, 4) is 0 Å². The molecule has 9 nitrogen and oxygen atoms in total. The fraction of sp³-hybridized carbons (Fsp3) is 0.667. The van der Waals surface area contributed by atoms with Crippen LogP contribution in [0.4, 0.5) is 5.82 Å². The number of piperidine rings is 1. The molecule has 2 saturated heterocycles. The van der Waals surface area contributed by atoms with Gasteiger partial charge >= 0.3 is 5.97 Å². The molecule has 3 aliphatic rings. The standard InChI is InChI=1S/C21H28N6O3/c1-30-21(29)17-12-15-4-2-3-5-16(15)27(17)20(28)14-8-10-25(11-9-14)19-7-6-18-23-22-13-26(18)24-19/h6-7,13-17H,2-5,8-12H2,1H3. The van der Waals surface area contributed by atoms with Crippen molar-refractivity contribution in [3.63, 3.8) is 0 Å². The third-order valence-electron chi connectivity index (χ3n) is 7.13. The summed E-state index contributed by atoms with van der Waals surface area (Å²) in [6.45, 7) is 1.53. The molecule has 2 aliphatic heterocycles. The maximum absolute atomic E-state index is 13.5. The van der Waals surface area contributed by atoms with Gasteiger partial charge in [-0.3, -0.25) is 4.79 Å². The average molecular weight is 412 g/mol. The van der Waals surface area contributed by atoms with E-state index in [1.165, 1.54) is 13.5 Å². The van der Waals surface area contributed by atoms with E-state index in [4.69, 9.17) is 4.74 Å². The van der Waals surface area contributed by atoms with Crippen LogP contribution in [-0.4, -0.2) is 68.9 Å². The molecule has 5 rings (SSSR count). The number of hydrogen-bond donors (Lipinski definition) is 0. The zero-order valence-corrected chi connectivity index (χ0v) is 17.3. The summed E-state index contributed by atoms with van der Waals surface area (Å²) in [6, 6.07) is 3.64. The Kier molecular flexibility index (Phi) is 5.04. The van der Waals surface area contributed by atoms with Gasteiger partial charge in [-0.1, -0.05) is 12.8 Å². The second-order valence-electron chi connectivity index (χ2n) is 8.72. The summed E-state index contributed by atoms with van der Waals surface area (Å²) in [4.78, 5) is 30.1. The quantitative estimate of drug-likeness (QED) is 0.708. The van der Waals surface area contributed by atoms with E-state index in [9.17, 15) is 9.59 Å². The minimum Gasteiger partial charge on any atom is -0.467 e. The maximum Gasteiger partial charge on any atom is 0.328 e. The van der Waals surface area contributed by atoms with Crippen molar-refractivity contribution >= 4 is 23.3 Å². The van der Waals surface area contributed by atoms with E-state index in [0.29, 0.717) is 11.6 Å². The lowest BCUT2D eigenvalue weighted by atomic mass is 9.84. The molecule has 1 saturated carbocycles. The highest BCUT2D eigenvalue weighted by atomic mass is 16.5. The number of likely N-dealkylation sites (tertiary alicyclic amines) is 1. The highest BCUT2D eigenvalue weighted by Gasteiger charge is 2.49. The lowest BCUT2D eigenvalue weighted by molar-refractivity contribution is -0.154. The largest absolute Gasteiger partial charge is 0.467 e. The SMILES string of the molecule is COC(=O)C1CC2CCCCC2N1C(=O)C1CCN(c2ccc3nncn3n2)CC1. The van der Waals surface area contributed by atoms with Gasteiger partial charge in [0.05, 0.1) is 7.11 Å². The van der Waals surface area contributed by atoms with Crippen molar-refractivity contribution in [2.45, 2.75) is 57.0 Å². The van der Waals surface area contributed by atoms with E-state index < -0.39 is 6.04 Å². The molecule has 9 heteroatoms. The van der Waals surface area contributed by atoms with Gasteiger partial charge in [0.2, 0.25) is 5.91 Å². The third kappa shape index (κ3) is 3.30. The molecule has 3 fully saturated rings. The number of ether oxygens (including phenoxy) is 1. The monoisotopic (exact) mass is 412 g/mol. The Morgan fingerprint density at radius 3 is 2.70 bits per heavy atom. The van der Waals surface area contributed by atoms with Gasteiger partial charge in [0.15, 0.2) is 5.65 Å². The smallest absolute Gasteiger partial charge is 0.328 e. The first-order chi connectivity index (χ1) is 14.7. The number of rotatable bonds is 3. The second-order valence-corrected chi connectivity index (χ2v) is 8.72. The number of methoxy groups -OCH3 is 1. The highest BCUT2D eigenvalue weighted by Crippen LogP contribution is 2.41. The van der Waals surface area contributed by atoms with Crippen LogP contribution in [0, 0.1) is 11.8 Å². The van der Waals surface area contributed by atoms with Crippen molar-refractivity contribution in [3.05, 3.63) is 18.5 Å². The van der Waals surface area contributed by atoms with Crippen molar-refractivity contribution in [2.24, 2.45) is 11.8 Å². The number of carbonyl (C=O) groups is 2. The summed E-state index contributed by atoms with van der Waals surface area (Å²) in [6.07, 6.45) is 8.32. The average Bonchev–Trinajstić information content (AvgIpc) is 3.42. The Labute approximate surface area is 175 Å². The van der Waals surface area contributed by atoms with Crippen LogP contribution in [0.15, 0.2) is 18.5 Å². The Balaban J connectivity index is 1.28. The first kappa shape index (κ1) is 19.3. The molecule has 2 aromatic rings. The number of hydrogen-bond acceptors (Lipinski definition) is 7. The molecule has 0 aromatic carbocycles. The highest BCUT2D eigenvalue weighted by molar-refractivity contribution is 5.87. The van der Waals surface area contributed by atoms with Crippen LogP contribution in [0.25, 0.3) is 5.65 Å². The van der Waals surface area contributed by atoms with Crippen molar-refractivity contribution < 1.29 is 14.3 Å². The topological polar surface area (TPSA) is 92.9 Å². The van der Waals surface area contributed by atoms with Crippen LogP contribution < -0.4 is 4.90 Å². The van der Waals surface area contributed by atoms with Gasteiger partial charge in [-0.25, -0.2) is 4.79 Å². The van der Waals surface area contributed by atoms with Gasteiger partial charge in [-0.05, 0) is 50.2 Å². The molecule has 3 unspecified atom stereocenters. The predicted molar refractivity (Wildman–Crippen MR) is 109 cm³/mol. The molecule has 3 atom stereocenters. The number of carbonyl (C=O) groups excluding carboxylic acids is 2. The fourth-order valence-electron chi connectivity index (χ4n) is 5.58. The first-order valence-corrected chi connectivity index (χ1v) is 11.0. The summed E-state index contributed by atoms with van der Waals surface area (Å²) in [5, 5.41) is 12.4. The molecule has 30 heavy (non-hydrogen) atoms. The summed E-state index contributed by atoms with van der Waals surface area (Å²) in [5.41, 5.74) is 0.716. The first-order valence-electron chi connectivity index (χ1n) is 11.0. The van der Waals surface area contributed by atoms with E-state index in [2.05, 4.69) is 20.2 Å². The Morgan fingerprint density at radius 2 is 1.90 bits per heavy atom. The lowest BCUT2D eigenvalue weighted by Crippen LogP contribution is -2.51. The summed E-state index contributed by atoms with van der Waals surface area (Å²) >= 11 is 0. The van der Waals surface area contributed by atoms with Crippen LogP contribution in [0.5, 0.6) is 0 Å². The number of esters is 1. The molecule has 0 bridgehead atoms. The van der Waals surface area contributed by atoms with Crippen LogP contribution in [0.1, 0.15) is 44.9 Å². The zero-order valence-electron chi connectivity index (χ0n) is 17.3. The number of amides is 1. The summed E-state index contributed by atoms with van der Waals surface area (Å²) in [7, 11) is 1.42. The predicted octanol–water partition coefficient (Wildman–Crippen LogP) is 1.67. The van der Waals surface area contributed by atoms with Crippen LogP contribution in [-0.2, 0) is 14.3 Å². The Hall–Kier alpha value is -2.71. The van der Waals surface area contributed by atoms with Crippen molar-refractivity contribution in [2.75, 3.05) is 25.1 Å². The molecular weight excluding hydrogens is 384 g/mol. The fourth-order valence-corrected chi connectivity index (χ4v) is 5.58. The van der Waals surface area contributed by atoms with Crippen LogP contribution in [0.3, 0.4) is 0 Å². The maximum atomic E-state index is 13.5. The molecule has 1 amide bonds. The van der Waals surface area contributed by atoms with Gasteiger partial charge in [0, 0.05) is 25.0 Å². The van der Waals surface area contributed by atoms with Gasteiger partial charge < -0.3 is 14.5 Å². The molecule has 160 valence electrons. The van der Waals surface area contributed by atoms with Crippen LogP contribution in [0.2, 0.25) is 0 Å². The summed E-state index contributed by atoms with van der Waals surface area (Å²) < 4.78 is 6.72. The van der Waals surface area contributed by atoms with Gasteiger partial charge in [0.25, 0.3) is 0 Å². The third-order valence-corrected chi connectivity index (χ3v) is 7.13. The van der Waals surface area contributed by atoms with E-state index in [1.807, 2.05) is 17.0 Å². The number of aromatic nitrogens is 4. The zero-order chi connectivity index (χ0) is 20.7. The number of fused-ring (bicyclic) bond motifs is 2. The van der Waals surface area contributed by atoms with Gasteiger partial charge in [-0.2, -0.15) is 4.52 Å². The lowest BCUT2D eigenvalue weighted by Gasteiger charge is -2.38. The number of anilines is 1. The molecule has 4 heterocycles. The summed E-state index contributed by atoms with van der Waals surface area (Å²) in [5.74, 6) is 1.14. The van der Waals surface area contributed by atoms with Gasteiger partial charge in [0.1, 0.15) is 18.2 Å². The van der Waals surface area contributed by atoms with E-state index in [1.54, 1.807) is 10.8 Å². The molecule has 0 spiro atoms. The van der Waals surface area contributed by atoms with E-state index in [0.717, 1.165) is 57.4 Å².